The van der Waals surface area contributed by atoms with E-state index < -0.39 is 41.4 Å². The Balaban J connectivity index is 1.95. The molecule has 3 aromatic rings. The van der Waals surface area contributed by atoms with Crippen LogP contribution < -0.4 is 22.1 Å². The lowest BCUT2D eigenvalue weighted by Crippen LogP contribution is -2.58. The standard InChI is InChI=1S/C38H52N6O4/c1-38(2,40)22-13-19-34(45)41-32(25-28-20-21-29-16-9-10-17-30(29)24-28)37(48)44(5)33(26-27-14-7-6-8-15-27)35(46)42-31(18-11-12-23-39)36(47)43(3)4/h6-10,13-17,19-21,24,31-33H,11-12,18,22-23,25-26,39-40H2,1-5H3,(H,41,45)(H,42,46)/b19-13+/t31-,32+,33+/m0/s1. The van der Waals surface area contributed by atoms with Crippen molar-refractivity contribution in [2.45, 2.75) is 76.0 Å². The van der Waals surface area contributed by atoms with Gasteiger partial charge in [-0.05, 0) is 74.1 Å². The van der Waals surface area contributed by atoms with Crippen molar-refractivity contribution in [1.29, 1.82) is 0 Å². The van der Waals surface area contributed by atoms with E-state index in [1.807, 2.05) is 86.6 Å². The molecule has 0 aliphatic rings. The molecule has 3 atom stereocenters. The molecule has 3 aromatic carbocycles. The zero-order valence-electron chi connectivity index (χ0n) is 28.9. The zero-order valence-corrected chi connectivity index (χ0v) is 28.9. The van der Waals surface area contributed by atoms with E-state index in [4.69, 9.17) is 11.5 Å². The third-order valence-corrected chi connectivity index (χ3v) is 8.17. The first-order valence-electron chi connectivity index (χ1n) is 16.5. The smallest absolute Gasteiger partial charge is 0.245 e. The highest BCUT2D eigenvalue weighted by molar-refractivity contribution is 5.96. The molecule has 3 rings (SSSR count). The van der Waals surface area contributed by atoms with Crippen LogP contribution in [0.1, 0.15) is 50.7 Å². The lowest BCUT2D eigenvalue weighted by atomic mass is 9.98. The Labute approximate surface area is 284 Å². The number of hydrogen-bond acceptors (Lipinski definition) is 6. The molecule has 0 saturated carbocycles. The molecular formula is C38H52N6O4. The topological polar surface area (TPSA) is 151 Å². The maximum Gasteiger partial charge on any atom is 0.245 e. The summed E-state index contributed by atoms with van der Waals surface area (Å²) < 4.78 is 0. The van der Waals surface area contributed by atoms with Crippen LogP contribution in [0.2, 0.25) is 0 Å². The number of unbranched alkanes of at least 4 members (excludes halogenated alkanes) is 1. The van der Waals surface area contributed by atoms with E-state index in [9.17, 15) is 19.2 Å². The second-order valence-corrected chi connectivity index (χ2v) is 13.3. The van der Waals surface area contributed by atoms with Crippen molar-refractivity contribution in [2.75, 3.05) is 27.7 Å². The molecule has 4 amide bonds. The summed E-state index contributed by atoms with van der Waals surface area (Å²) in [5.41, 5.74) is 13.0. The van der Waals surface area contributed by atoms with Gasteiger partial charge >= 0.3 is 0 Å². The fourth-order valence-electron chi connectivity index (χ4n) is 5.46. The van der Waals surface area contributed by atoms with Gasteiger partial charge in [-0.3, -0.25) is 19.2 Å². The van der Waals surface area contributed by atoms with Crippen LogP contribution in [0, 0.1) is 0 Å². The van der Waals surface area contributed by atoms with Crippen molar-refractivity contribution in [2.24, 2.45) is 11.5 Å². The number of hydrogen-bond donors (Lipinski definition) is 4. The van der Waals surface area contributed by atoms with Gasteiger partial charge in [0.2, 0.25) is 23.6 Å². The van der Waals surface area contributed by atoms with Crippen molar-refractivity contribution in [1.82, 2.24) is 20.4 Å². The monoisotopic (exact) mass is 656 g/mol. The zero-order chi connectivity index (χ0) is 35.3. The minimum absolute atomic E-state index is 0.205. The number of carbonyl (C=O) groups is 4. The Hall–Kier alpha value is -4.54. The van der Waals surface area contributed by atoms with Gasteiger partial charge in [-0.25, -0.2) is 0 Å². The molecule has 0 saturated heterocycles. The summed E-state index contributed by atoms with van der Waals surface area (Å²) in [6.45, 7) is 4.21. The van der Waals surface area contributed by atoms with Gasteiger partial charge in [-0.1, -0.05) is 78.9 Å². The molecule has 258 valence electrons. The van der Waals surface area contributed by atoms with Crippen LogP contribution >= 0.6 is 0 Å². The Morgan fingerprint density at radius 1 is 0.792 bits per heavy atom. The van der Waals surface area contributed by atoms with Gasteiger partial charge in [-0.2, -0.15) is 0 Å². The summed E-state index contributed by atoms with van der Waals surface area (Å²) in [5.74, 6) is -1.56. The first-order valence-corrected chi connectivity index (χ1v) is 16.5. The lowest BCUT2D eigenvalue weighted by Gasteiger charge is -2.32. The van der Waals surface area contributed by atoms with Gasteiger partial charge < -0.3 is 31.9 Å². The highest BCUT2D eigenvalue weighted by Gasteiger charge is 2.34. The van der Waals surface area contributed by atoms with Crippen LogP contribution in [0.25, 0.3) is 10.8 Å². The highest BCUT2D eigenvalue weighted by atomic mass is 16.2. The quantitative estimate of drug-likeness (QED) is 0.129. The molecule has 0 radical (unpaired) electrons. The van der Waals surface area contributed by atoms with Gasteiger partial charge in [0.1, 0.15) is 18.1 Å². The van der Waals surface area contributed by atoms with Gasteiger partial charge in [0.25, 0.3) is 0 Å². The summed E-state index contributed by atoms with van der Waals surface area (Å²) in [5, 5.41) is 7.89. The predicted molar refractivity (Wildman–Crippen MR) is 192 cm³/mol. The fourth-order valence-corrected chi connectivity index (χ4v) is 5.46. The Bertz CT molecular complexity index is 1550. The SMILES string of the molecule is CN(C)C(=O)[C@H](CCCCN)NC(=O)[C@@H](Cc1ccccc1)N(C)C(=O)[C@@H](Cc1ccc2ccccc2c1)NC(=O)/C=C/CC(C)(C)N. The number of carbonyl (C=O) groups excluding carboxylic acids is 4. The average molecular weight is 657 g/mol. The highest BCUT2D eigenvalue weighted by Crippen LogP contribution is 2.19. The number of benzene rings is 3. The van der Waals surface area contributed by atoms with Crippen LogP contribution in [-0.2, 0) is 32.0 Å². The van der Waals surface area contributed by atoms with Crippen LogP contribution in [0.4, 0.5) is 0 Å². The Morgan fingerprint density at radius 2 is 1.46 bits per heavy atom. The molecule has 0 aliphatic heterocycles. The third kappa shape index (κ3) is 11.9. The van der Waals surface area contributed by atoms with Gasteiger partial charge in [0.05, 0.1) is 0 Å². The maximum absolute atomic E-state index is 14.4. The van der Waals surface area contributed by atoms with Crippen molar-refractivity contribution in [3.63, 3.8) is 0 Å². The van der Waals surface area contributed by atoms with Crippen molar-refractivity contribution >= 4 is 34.4 Å². The first-order chi connectivity index (χ1) is 22.8. The molecule has 0 fully saturated rings. The van der Waals surface area contributed by atoms with E-state index in [2.05, 4.69) is 10.6 Å². The average Bonchev–Trinajstić information content (AvgIpc) is 3.05. The predicted octanol–water partition coefficient (Wildman–Crippen LogP) is 3.32. The summed E-state index contributed by atoms with van der Waals surface area (Å²) >= 11 is 0. The van der Waals surface area contributed by atoms with Gasteiger partial charge in [0, 0.05) is 39.5 Å². The summed E-state index contributed by atoms with van der Waals surface area (Å²) in [4.78, 5) is 57.4. The van der Waals surface area contributed by atoms with E-state index in [1.54, 1.807) is 27.2 Å². The second kappa shape index (κ2) is 18.1. The number of nitrogens with two attached hydrogens (primary N) is 2. The largest absolute Gasteiger partial charge is 0.347 e. The number of nitrogens with one attached hydrogen (secondary N) is 2. The molecule has 10 heteroatoms. The molecule has 10 nitrogen and oxygen atoms in total. The molecule has 0 aliphatic carbocycles. The lowest BCUT2D eigenvalue weighted by molar-refractivity contribution is -0.143. The molecule has 0 spiro atoms. The Morgan fingerprint density at radius 3 is 2.10 bits per heavy atom. The number of amides is 4. The van der Waals surface area contributed by atoms with Crippen molar-refractivity contribution in [3.8, 4) is 0 Å². The van der Waals surface area contributed by atoms with Crippen LogP contribution in [-0.4, -0.2) is 84.8 Å². The first kappa shape index (κ1) is 37.9. The van der Waals surface area contributed by atoms with Crippen molar-refractivity contribution in [3.05, 3.63) is 96.1 Å². The van der Waals surface area contributed by atoms with Crippen LogP contribution in [0.15, 0.2) is 84.9 Å². The molecule has 0 heterocycles. The summed E-state index contributed by atoms with van der Waals surface area (Å²) in [6, 6.07) is 20.5. The van der Waals surface area contributed by atoms with E-state index in [0.717, 1.165) is 21.9 Å². The van der Waals surface area contributed by atoms with E-state index in [1.165, 1.54) is 15.9 Å². The maximum atomic E-state index is 14.4. The fraction of sp³-hybridized carbons (Fsp3) is 0.421. The molecular weight excluding hydrogens is 604 g/mol. The van der Waals surface area contributed by atoms with Gasteiger partial charge in [-0.15, -0.1) is 0 Å². The van der Waals surface area contributed by atoms with Crippen LogP contribution in [0.5, 0.6) is 0 Å². The van der Waals surface area contributed by atoms with E-state index >= 15 is 0 Å². The van der Waals surface area contributed by atoms with E-state index in [0.29, 0.717) is 32.2 Å². The molecule has 0 aromatic heterocycles. The Kier molecular flexibility index (Phi) is 14.3. The van der Waals surface area contributed by atoms with Crippen LogP contribution in [0.3, 0.4) is 0 Å². The minimum Gasteiger partial charge on any atom is -0.347 e. The number of rotatable bonds is 17. The van der Waals surface area contributed by atoms with Crippen molar-refractivity contribution < 1.29 is 19.2 Å². The molecule has 6 N–H and O–H groups in total. The number of nitrogens with zero attached hydrogens (tertiary/aromatic N) is 2. The van der Waals surface area contributed by atoms with E-state index in [-0.39, 0.29) is 18.7 Å². The second-order valence-electron chi connectivity index (χ2n) is 13.3. The summed E-state index contributed by atoms with van der Waals surface area (Å²) in [7, 11) is 4.86. The van der Waals surface area contributed by atoms with Gasteiger partial charge in [0.15, 0.2) is 0 Å². The molecule has 48 heavy (non-hydrogen) atoms. The number of likely N-dealkylation sites (N-methyl/N-ethyl adjacent to an activating group) is 2. The molecule has 0 bridgehead atoms. The normalized spacial score (nSPS) is 13.5. The third-order valence-electron chi connectivity index (χ3n) is 8.17. The summed E-state index contributed by atoms with van der Waals surface area (Å²) in [6.07, 6.45) is 5.76. The minimum atomic E-state index is -0.978. The number of fused-ring (bicyclic) bond motifs is 1. The molecule has 0 unspecified atom stereocenters.